The molecule has 0 heterocycles. The van der Waals surface area contributed by atoms with Gasteiger partial charge in [-0.05, 0) is 24.1 Å². The maximum absolute atomic E-state index is 11.2. The Morgan fingerprint density at radius 3 is 2.81 bits per heavy atom. The number of urea groups is 1. The molecule has 0 saturated carbocycles. The molecule has 0 atom stereocenters. The van der Waals surface area contributed by atoms with Crippen LogP contribution in [0.3, 0.4) is 0 Å². The molecule has 16 heavy (non-hydrogen) atoms. The number of hydrogen-bond donors (Lipinski definition) is 1. The summed E-state index contributed by atoms with van der Waals surface area (Å²) in [6.45, 7) is 0.629. The van der Waals surface area contributed by atoms with E-state index in [0.717, 1.165) is 17.7 Å². The van der Waals surface area contributed by atoms with Crippen LogP contribution in [-0.4, -0.2) is 38.7 Å². The minimum atomic E-state index is -0.0668. The van der Waals surface area contributed by atoms with Gasteiger partial charge in [0, 0.05) is 20.6 Å². The van der Waals surface area contributed by atoms with Crippen molar-refractivity contribution in [2.45, 2.75) is 6.42 Å². The molecular formula is C12H18N2O2. The summed E-state index contributed by atoms with van der Waals surface area (Å²) in [4.78, 5) is 12.8. The number of hydrogen-bond acceptors (Lipinski definition) is 2. The lowest BCUT2D eigenvalue weighted by Crippen LogP contribution is -2.35. The van der Waals surface area contributed by atoms with E-state index in [2.05, 4.69) is 5.32 Å². The Balaban J connectivity index is 2.40. The smallest absolute Gasteiger partial charge is 0.316 e. The predicted octanol–water partition coefficient (Wildman–Crippen LogP) is 1.51. The van der Waals surface area contributed by atoms with Crippen molar-refractivity contribution in [1.82, 2.24) is 10.2 Å². The molecule has 0 bridgehead atoms. The second kappa shape index (κ2) is 6.00. The van der Waals surface area contributed by atoms with Crippen LogP contribution in [0, 0.1) is 0 Å². The maximum atomic E-state index is 11.2. The zero-order valence-corrected chi connectivity index (χ0v) is 9.99. The summed E-state index contributed by atoms with van der Waals surface area (Å²) < 4.78 is 5.12. The molecule has 4 nitrogen and oxygen atoms in total. The quantitative estimate of drug-likeness (QED) is 0.839. The van der Waals surface area contributed by atoms with Crippen molar-refractivity contribution in [2.75, 3.05) is 27.7 Å². The van der Waals surface area contributed by atoms with Crippen LogP contribution in [0.2, 0.25) is 0 Å². The molecule has 1 aromatic carbocycles. The number of rotatable bonds is 4. The van der Waals surface area contributed by atoms with E-state index in [1.807, 2.05) is 24.3 Å². The average molecular weight is 222 g/mol. The first-order valence-corrected chi connectivity index (χ1v) is 5.21. The SMILES string of the molecule is COc1cccc(CCNC(=O)N(C)C)c1. The third-order valence-electron chi connectivity index (χ3n) is 2.23. The predicted molar refractivity (Wildman–Crippen MR) is 63.8 cm³/mol. The molecule has 0 unspecified atom stereocenters. The third-order valence-corrected chi connectivity index (χ3v) is 2.23. The fourth-order valence-electron chi connectivity index (χ4n) is 1.30. The molecule has 0 aliphatic carbocycles. The van der Waals surface area contributed by atoms with E-state index < -0.39 is 0 Å². The maximum Gasteiger partial charge on any atom is 0.316 e. The summed E-state index contributed by atoms with van der Waals surface area (Å²) in [5, 5.41) is 2.81. The molecule has 1 rings (SSSR count). The van der Waals surface area contributed by atoms with Crippen molar-refractivity contribution in [3.63, 3.8) is 0 Å². The third kappa shape index (κ3) is 3.81. The van der Waals surface area contributed by atoms with Crippen molar-refractivity contribution in [3.05, 3.63) is 29.8 Å². The van der Waals surface area contributed by atoms with Gasteiger partial charge in [-0.25, -0.2) is 4.79 Å². The van der Waals surface area contributed by atoms with E-state index in [1.54, 1.807) is 21.2 Å². The van der Waals surface area contributed by atoms with Gasteiger partial charge in [0.2, 0.25) is 0 Å². The summed E-state index contributed by atoms with van der Waals surface area (Å²) in [5.74, 6) is 0.844. The standard InChI is InChI=1S/C12H18N2O2/c1-14(2)12(15)13-8-7-10-5-4-6-11(9-10)16-3/h4-6,9H,7-8H2,1-3H3,(H,13,15). The fourth-order valence-corrected chi connectivity index (χ4v) is 1.30. The van der Waals surface area contributed by atoms with Crippen molar-refractivity contribution in [2.24, 2.45) is 0 Å². The molecule has 0 saturated heterocycles. The van der Waals surface area contributed by atoms with Crippen LogP contribution < -0.4 is 10.1 Å². The lowest BCUT2D eigenvalue weighted by atomic mass is 10.1. The molecule has 0 fully saturated rings. The van der Waals surface area contributed by atoms with Crippen molar-refractivity contribution < 1.29 is 9.53 Å². The second-order valence-electron chi connectivity index (χ2n) is 3.73. The monoisotopic (exact) mass is 222 g/mol. The Hall–Kier alpha value is -1.71. The van der Waals surface area contributed by atoms with Crippen LogP contribution in [0.4, 0.5) is 4.79 Å². The minimum Gasteiger partial charge on any atom is -0.497 e. The molecule has 0 radical (unpaired) electrons. The first-order chi connectivity index (χ1) is 7.63. The Kier molecular flexibility index (Phi) is 4.64. The molecule has 88 valence electrons. The average Bonchev–Trinajstić information content (AvgIpc) is 2.29. The summed E-state index contributed by atoms with van der Waals surface area (Å²) >= 11 is 0. The van der Waals surface area contributed by atoms with Gasteiger partial charge in [0.15, 0.2) is 0 Å². The summed E-state index contributed by atoms with van der Waals surface area (Å²) in [7, 11) is 5.09. The van der Waals surface area contributed by atoms with Crippen molar-refractivity contribution >= 4 is 6.03 Å². The van der Waals surface area contributed by atoms with E-state index >= 15 is 0 Å². The van der Waals surface area contributed by atoms with E-state index in [0.29, 0.717) is 6.54 Å². The van der Waals surface area contributed by atoms with Gasteiger partial charge in [-0.15, -0.1) is 0 Å². The fraction of sp³-hybridized carbons (Fsp3) is 0.417. The van der Waals surface area contributed by atoms with E-state index in [-0.39, 0.29) is 6.03 Å². The van der Waals surface area contributed by atoms with E-state index in [9.17, 15) is 4.79 Å². The number of carbonyl (C=O) groups excluding carboxylic acids is 1. The number of carbonyl (C=O) groups is 1. The van der Waals surface area contributed by atoms with Crippen LogP contribution in [0.1, 0.15) is 5.56 Å². The topological polar surface area (TPSA) is 41.6 Å². The second-order valence-corrected chi connectivity index (χ2v) is 3.73. The van der Waals surface area contributed by atoms with E-state index in [1.165, 1.54) is 4.90 Å². The Bertz CT molecular complexity index is 351. The van der Waals surface area contributed by atoms with Crippen LogP contribution in [-0.2, 0) is 6.42 Å². The lowest BCUT2D eigenvalue weighted by molar-refractivity contribution is 0.217. The van der Waals surface area contributed by atoms with Crippen LogP contribution in [0.25, 0.3) is 0 Å². The van der Waals surface area contributed by atoms with Crippen LogP contribution in [0.15, 0.2) is 24.3 Å². The number of ether oxygens (including phenoxy) is 1. The molecule has 1 N–H and O–H groups in total. The molecule has 2 amide bonds. The largest absolute Gasteiger partial charge is 0.497 e. The number of nitrogens with zero attached hydrogens (tertiary/aromatic N) is 1. The number of nitrogens with one attached hydrogen (secondary N) is 1. The molecule has 0 spiro atoms. The Morgan fingerprint density at radius 1 is 1.44 bits per heavy atom. The van der Waals surface area contributed by atoms with Gasteiger partial charge in [-0.1, -0.05) is 12.1 Å². The molecule has 0 aliphatic rings. The lowest BCUT2D eigenvalue weighted by Gasteiger charge is -2.11. The molecule has 1 aromatic rings. The number of methoxy groups -OCH3 is 1. The van der Waals surface area contributed by atoms with Crippen LogP contribution in [0.5, 0.6) is 5.75 Å². The molecule has 4 heteroatoms. The zero-order valence-electron chi connectivity index (χ0n) is 9.99. The van der Waals surface area contributed by atoms with Gasteiger partial charge >= 0.3 is 6.03 Å². The van der Waals surface area contributed by atoms with Crippen LogP contribution >= 0.6 is 0 Å². The Labute approximate surface area is 96.2 Å². The summed E-state index contributed by atoms with van der Waals surface area (Å²) in [6.07, 6.45) is 0.802. The first-order valence-electron chi connectivity index (χ1n) is 5.21. The Morgan fingerprint density at radius 2 is 2.19 bits per heavy atom. The molecular weight excluding hydrogens is 204 g/mol. The van der Waals surface area contributed by atoms with Gasteiger partial charge < -0.3 is 15.0 Å². The van der Waals surface area contributed by atoms with Gasteiger partial charge in [-0.2, -0.15) is 0 Å². The normalized spacial score (nSPS) is 9.69. The highest BCUT2D eigenvalue weighted by Gasteiger charge is 2.01. The van der Waals surface area contributed by atoms with Crippen molar-refractivity contribution in [3.8, 4) is 5.75 Å². The zero-order chi connectivity index (χ0) is 12.0. The summed E-state index contributed by atoms with van der Waals surface area (Å²) in [6, 6.07) is 7.78. The van der Waals surface area contributed by atoms with Gasteiger partial charge in [0.05, 0.1) is 7.11 Å². The number of amides is 2. The van der Waals surface area contributed by atoms with Gasteiger partial charge in [0.25, 0.3) is 0 Å². The number of benzene rings is 1. The van der Waals surface area contributed by atoms with E-state index in [4.69, 9.17) is 4.74 Å². The highest BCUT2D eigenvalue weighted by molar-refractivity contribution is 5.73. The van der Waals surface area contributed by atoms with Crippen molar-refractivity contribution in [1.29, 1.82) is 0 Å². The van der Waals surface area contributed by atoms with Gasteiger partial charge in [-0.3, -0.25) is 0 Å². The molecule has 0 aromatic heterocycles. The molecule has 0 aliphatic heterocycles. The highest BCUT2D eigenvalue weighted by Crippen LogP contribution is 2.12. The first kappa shape index (κ1) is 12.4. The highest BCUT2D eigenvalue weighted by atomic mass is 16.5. The summed E-state index contributed by atoms with van der Waals surface area (Å²) in [5.41, 5.74) is 1.15. The van der Waals surface area contributed by atoms with Gasteiger partial charge in [0.1, 0.15) is 5.75 Å². The minimum absolute atomic E-state index is 0.0668.